The molecule has 24 heavy (non-hydrogen) atoms. The van der Waals surface area contributed by atoms with Gasteiger partial charge in [-0.2, -0.15) is 0 Å². The van der Waals surface area contributed by atoms with Gasteiger partial charge in [-0.25, -0.2) is 9.65 Å². The number of aliphatic carboxylic acids is 1. The van der Waals surface area contributed by atoms with Crippen molar-refractivity contribution < 1.29 is 37.8 Å². The van der Waals surface area contributed by atoms with Crippen LogP contribution in [0.15, 0.2) is 0 Å². The molecule has 0 spiro atoms. The van der Waals surface area contributed by atoms with Gasteiger partial charge in [-0.3, -0.25) is 23.4 Å². The highest BCUT2D eigenvalue weighted by molar-refractivity contribution is 7.51. The summed E-state index contributed by atoms with van der Waals surface area (Å²) in [6, 6.07) is -1.18. The molecule has 10 nitrogen and oxygen atoms in total. The lowest BCUT2D eigenvalue weighted by molar-refractivity contribution is -0.141. The van der Waals surface area contributed by atoms with Crippen LogP contribution < -0.4 is 10.4 Å². The number of carboxylic acids is 1. The van der Waals surface area contributed by atoms with Gasteiger partial charge in [-0.05, 0) is 6.92 Å². The molecule has 0 bridgehead atoms. The zero-order chi connectivity index (χ0) is 18.5. The molecule has 1 amide bonds. The molecule has 3 N–H and O–H groups in total. The average Bonchev–Trinajstić information content (AvgIpc) is 2.49. The number of rotatable bonds is 7. The van der Waals surface area contributed by atoms with E-state index in [0.29, 0.717) is 0 Å². The van der Waals surface area contributed by atoms with E-state index in [-0.39, 0.29) is 19.6 Å². The Morgan fingerprint density at radius 2 is 2.04 bits per heavy atom. The van der Waals surface area contributed by atoms with Gasteiger partial charge in [0.05, 0.1) is 20.1 Å². The maximum absolute atomic E-state index is 12.5. The lowest BCUT2D eigenvalue weighted by Gasteiger charge is -2.40. The van der Waals surface area contributed by atoms with Crippen molar-refractivity contribution in [1.82, 2.24) is 10.4 Å². The summed E-state index contributed by atoms with van der Waals surface area (Å²) in [4.78, 5) is 34.2. The Hall–Kier alpha value is -1.48. The second kappa shape index (κ2) is 8.06. The number of ether oxygens (including phenoxy) is 1. The lowest BCUT2D eigenvalue weighted by Crippen LogP contribution is -2.51. The molecule has 2 unspecified atom stereocenters. The van der Waals surface area contributed by atoms with Gasteiger partial charge in [-0.1, -0.05) is 13.8 Å². The molecule has 0 aliphatic carbocycles. The van der Waals surface area contributed by atoms with E-state index in [9.17, 15) is 18.9 Å². The Kier molecular flexibility index (Phi) is 6.91. The molecular formula is C13H23N2O8P. The largest absolute Gasteiger partial charge is 0.480 e. The first-order valence-electron chi connectivity index (χ1n) is 7.29. The average molecular weight is 366 g/mol. The summed E-state index contributed by atoms with van der Waals surface area (Å²) in [5.41, 5.74) is -0.794. The fourth-order valence-corrected chi connectivity index (χ4v) is 3.83. The van der Waals surface area contributed by atoms with E-state index in [4.69, 9.17) is 14.2 Å². The first-order valence-corrected chi connectivity index (χ1v) is 8.83. The fraction of sp³-hybridized carbons (Fsp3) is 0.769. The summed E-state index contributed by atoms with van der Waals surface area (Å²) >= 11 is 0. The first kappa shape index (κ1) is 20.6. The van der Waals surface area contributed by atoms with E-state index in [1.54, 1.807) is 13.8 Å². The molecule has 1 aliphatic rings. The van der Waals surface area contributed by atoms with E-state index in [2.05, 4.69) is 15.1 Å². The van der Waals surface area contributed by atoms with Crippen LogP contribution in [0.4, 0.5) is 0 Å². The van der Waals surface area contributed by atoms with Gasteiger partial charge in [0.15, 0.2) is 6.10 Å². The number of hydrogen-bond acceptors (Lipinski definition) is 7. The van der Waals surface area contributed by atoms with Crippen molar-refractivity contribution >= 4 is 25.6 Å². The van der Waals surface area contributed by atoms with Crippen LogP contribution in [0.5, 0.6) is 0 Å². The smallest absolute Gasteiger partial charge is 0.407 e. The predicted molar refractivity (Wildman–Crippen MR) is 82.1 cm³/mol. The summed E-state index contributed by atoms with van der Waals surface area (Å²) in [6.07, 6.45) is -1.15. The molecule has 0 aromatic heterocycles. The SMILES string of the molecule is COC(=O)CCNC(=O)[C@@H]1OP(=O)(NC(C)C(=O)O)OCC1(C)C. The van der Waals surface area contributed by atoms with Crippen molar-refractivity contribution in [2.24, 2.45) is 5.41 Å². The Bertz CT molecular complexity index is 550. The molecule has 138 valence electrons. The molecular weight excluding hydrogens is 343 g/mol. The summed E-state index contributed by atoms with van der Waals surface area (Å²) in [6.45, 7) is 4.60. The number of carbonyl (C=O) groups excluding carboxylic acids is 2. The molecule has 0 aromatic rings. The standard InChI is InChI=1S/C13H23N2O8P/c1-8(12(18)19)15-24(20)22-7-13(2,3)10(23-24)11(17)14-6-5-9(16)21-4/h8,10H,5-7H2,1-4H3,(H,14,17)(H,15,20)(H,18,19)/t8?,10-,24?/m0/s1. The van der Waals surface area contributed by atoms with Crippen LogP contribution in [0.2, 0.25) is 0 Å². The fourth-order valence-electron chi connectivity index (χ4n) is 1.88. The first-order chi connectivity index (χ1) is 11.0. The molecule has 11 heteroatoms. The molecule has 1 saturated heterocycles. The Balaban J connectivity index is 2.75. The second-order valence-electron chi connectivity index (χ2n) is 6.05. The van der Waals surface area contributed by atoms with Crippen LogP contribution >= 0.6 is 7.75 Å². The number of methoxy groups -OCH3 is 1. The van der Waals surface area contributed by atoms with Gasteiger partial charge in [0.25, 0.3) is 0 Å². The summed E-state index contributed by atoms with van der Waals surface area (Å²) in [5.74, 6) is -2.29. The highest BCUT2D eigenvalue weighted by atomic mass is 31.2. The number of nitrogens with one attached hydrogen (secondary N) is 2. The maximum atomic E-state index is 12.5. The minimum atomic E-state index is -3.95. The third kappa shape index (κ3) is 5.55. The van der Waals surface area contributed by atoms with Crippen LogP contribution in [0, 0.1) is 5.41 Å². The monoisotopic (exact) mass is 366 g/mol. The molecule has 3 atom stereocenters. The third-order valence-electron chi connectivity index (χ3n) is 3.38. The van der Waals surface area contributed by atoms with Gasteiger partial charge in [0.2, 0.25) is 5.91 Å². The molecule has 0 radical (unpaired) electrons. The number of carbonyl (C=O) groups is 3. The number of esters is 1. The van der Waals surface area contributed by atoms with E-state index < -0.39 is 43.2 Å². The summed E-state index contributed by atoms with van der Waals surface area (Å²) in [7, 11) is -2.72. The quantitative estimate of drug-likeness (QED) is 0.428. The minimum absolute atomic E-state index is 0.0160. The topological polar surface area (TPSA) is 140 Å². The normalized spacial score (nSPS) is 27.1. The van der Waals surface area contributed by atoms with Gasteiger partial charge >= 0.3 is 19.7 Å². The molecule has 1 fully saturated rings. The van der Waals surface area contributed by atoms with Crippen molar-refractivity contribution in [3.05, 3.63) is 0 Å². The van der Waals surface area contributed by atoms with E-state index >= 15 is 0 Å². The number of hydrogen-bond donors (Lipinski definition) is 3. The molecule has 1 aliphatic heterocycles. The summed E-state index contributed by atoms with van der Waals surface area (Å²) < 4.78 is 27.4. The zero-order valence-electron chi connectivity index (χ0n) is 14.0. The molecule has 1 heterocycles. The van der Waals surface area contributed by atoms with Crippen molar-refractivity contribution in [2.75, 3.05) is 20.3 Å². The Morgan fingerprint density at radius 1 is 1.42 bits per heavy atom. The Morgan fingerprint density at radius 3 is 2.58 bits per heavy atom. The van der Waals surface area contributed by atoms with Crippen LogP contribution in [0.1, 0.15) is 27.2 Å². The van der Waals surface area contributed by atoms with Gasteiger partial charge in [0.1, 0.15) is 6.04 Å². The van der Waals surface area contributed by atoms with Crippen molar-refractivity contribution in [3.8, 4) is 0 Å². The number of carboxylic acid groups (broad SMARTS) is 1. The van der Waals surface area contributed by atoms with Crippen LogP contribution in [0.25, 0.3) is 0 Å². The molecule has 0 saturated carbocycles. The summed E-state index contributed by atoms with van der Waals surface area (Å²) in [5, 5.41) is 13.6. The van der Waals surface area contributed by atoms with Crippen LogP contribution in [-0.2, 0) is 32.7 Å². The predicted octanol–water partition coefficient (Wildman–Crippen LogP) is 0.278. The van der Waals surface area contributed by atoms with Gasteiger partial charge in [0, 0.05) is 12.0 Å². The lowest BCUT2D eigenvalue weighted by atomic mass is 9.87. The molecule has 0 aromatic carbocycles. The van der Waals surface area contributed by atoms with Crippen molar-refractivity contribution in [3.63, 3.8) is 0 Å². The maximum Gasteiger partial charge on any atom is 0.407 e. The third-order valence-corrected chi connectivity index (χ3v) is 5.04. The highest BCUT2D eigenvalue weighted by Gasteiger charge is 2.48. The van der Waals surface area contributed by atoms with Crippen LogP contribution in [-0.4, -0.2) is 55.4 Å². The highest BCUT2D eigenvalue weighted by Crippen LogP contribution is 2.53. The minimum Gasteiger partial charge on any atom is -0.480 e. The van der Waals surface area contributed by atoms with Crippen LogP contribution in [0.3, 0.4) is 0 Å². The van der Waals surface area contributed by atoms with E-state index in [0.717, 1.165) is 0 Å². The zero-order valence-corrected chi connectivity index (χ0v) is 14.9. The van der Waals surface area contributed by atoms with Crippen molar-refractivity contribution in [1.29, 1.82) is 0 Å². The van der Waals surface area contributed by atoms with E-state index in [1.807, 2.05) is 0 Å². The Labute approximate surface area is 139 Å². The number of amides is 1. The second-order valence-corrected chi connectivity index (χ2v) is 7.77. The van der Waals surface area contributed by atoms with Gasteiger partial charge in [-0.15, -0.1) is 0 Å². The van der Waals surface area contributed by atoms with E-state index in [1.165, 1.54) is 14.0 Å². The van der Waals surface area contributed by atoms with Gasteiger partial charge < -0.3 is 15.2 Å². The van der Waals surface area contributed by atoms with Crippen molar-refractivity contribution in [2.45, 2.75) is 39.3 Å². The molecule has 1 rings (SSSR count).